The van der Waals surface area contributed by atoms with Crippen molar-refractivity contribution in [3.63, 3.8) is 0 Å². The predicted molar refractivity (Wildman–Crippen MR) is 110 cm³/mol. The number of hydrogen-bond acceptors (Lipinski definition) is 5. The Hall–Kier alpha value is -2.64. The van der Waals surface area contributed by atoms with Crippen molar-refractivity contribution < 1.29 is 4.39 Å². The van der Waals surface area contributed by atoms with E-state index in [0.717, 1.165) is 39.1 Å². The molecule has 0 saturated carbocycles. The zero-order valence-electron chi connectivity index (χ0n) is 16.8. The van der Waals surface area contributed by atoms with Crippen LogP contribution in [0.5, 0.6) is 0 Å². The zero-order chi connectivity index (χ0) is 20.1. The van der Waals surface area contributed by atoms with E-state index < -0.39 is 0 Å². The molecular weight excluding hydrogens is 367 g/mol. The van der Waals surface area contributed by atoms with Crippen molar-refractivity contribution in [3.05, 3.63) is 77.4 Å². The molecule has 1 atom stereocenters. The van der Waals surface area contributed by atoms with E-state index in [1.807, 2.05) is 35.0 Å². The summed E-state index contributed by atoms with van der Waals surface area (Å²) in [4.78, 5) is 4.71. The van der Waals surface area contributed by atoms with Crippen LogP contribution in [0.2, 0.25) is 0 Å². The molecule has 1 aliphatic rings. The third-order valence-electron chi connectivity index (χ3n) is 5.68. The first kappa shape index (κ1) is 19.7. The number of benzene rings is 2. The fraction of sp³-hybridized carbons (Fsp3) is 0.409. The first-order valence-electron chi connectivity index (χ1n) is 10.3. The van der Waals surface area contributed by atoms with Crippen LogP contribution in [-0.4, -0.2) is 62.7 Å². The molecule has 0 bridgehead atoms. The Balaban J connectivity index is 1.62. The van der Waals surface area contributed by atoms with E-state index in [2.05, 4.69) is 44.4 Å². The van der Waals surface area contributed by atoms with Crippen molar-refractivity contribution in [2.75, 3.05) is 32.7 Å². The van der Waals surface area contributed by atoms with Crippen molar-refractivity contribution in [1.29, 1.82) is 0 Å². The van der Waals surface area contributed by atoms with E-state index in [-0.39, 0.29) is 11.9 Å². The number of halogens is 1. The van der Waals surface area contributed by atoms with Crippen LogP contribution in [-0.2, 0) is 13.0 Å². The molecule has 0 N–H and O–H groups in total. The second kappa shape index (κ2) is 9.24. The average Bonchev–Trinajstić information content (AvgIpc) is 3.23. The van der Waals surface area contributed by atoms with Gasteiger partial charge in [0.15, 0.2) is 5.82 Å². The highest BCUT2D eigenvalue weighted by atomic mass is 19.1. The van der Waals surface area contributed by atoms with Gasteiger partial charge in [-0.2, -0.15) is 0 Å². The summed E-state index contributed by atoms with van der Waals surface area (Å²) >= 11 is 0. The molecule has 1 aromatic heterocycles. The lowest BCUT2D eigenvalue weighted by Gasteiger charge is -2.38. The maximum atomic E-state index is 14.8. The third-order valence-corrected chi connectivity index (χ3v) is 5.68. The fourth-order valence-electron chi connectivity index (χ4n) is 3.98. The standard InChI is InChI=1S/C22H27FN6/c1-2-27-14-16-28(17-15-27)21(19-10-6-7-11-20(19)23)22-24-25-26-29(22)13-12-18-8-4-3-5-9-18/h3-11,21H,2,12-17H2,1H3. The summed E-state index contributed by atoms with van der Waals surface area (Å²) in [6.07, 6.45) is 0.826. The van der Waals surface area contributed by atoms with Gasteiger partial charge in [0.1, 0.15) is 11.9 Å². The van der Waals surface area contributed by atoms with Crippen molar-refractivity contribution in [2.24, 2.45) is 0 Å². The summed E-state index contributed by atoms with van der Waals surface area (Å²) in [6, 6.07) is 17.0. The topological polar surface area (TPSA) is 50.1 Å². The normalized spacial score (nSPS) is 16.8. The minimum absolute atomic E-state index is 0.215. The predicted octanol–water partition coefficient (Wildman–Crippen LogP) is 2.78. The highest BCUT2D eigenvalue weighted by Crippen LogP contribution is 2.30. The molecule has 7 heteroatoms. The zero-order valence-corrected chi connectivity index (χ0v) is 16.8. The number of likely N-dealkylation sites (N-methyl/N-ethyl adjacent to an activating group) is 1. The number of tetrazole rings is 1. The number of nitrogens with zero attached hydrogens (tertiary/aromatic N) is 6. The van der Waals surface area contributed by atoms with Gasteiger partial charge in [-0.15, -0.1) is 5.10 Å². The highest BCUT2D eigenvalue weighted by Gasteiger charge is 2.31. The molecule has 2 heterocycles. The van der Waals surface area contributed by atoms with E-state index in [4.69, 9.17) is 0 Å². The second-order valence-corrected chi connectivity index (χ2v) is 7.39. The molecule has 1 fully saturated rings. The maximum Gasteiger partial charge on any atom is 0.173 e. The van der Waals surface area contributed by atoms with Crippen LogP contribution < -0.4 is 0 Å². The molecule has 2 aromatic carbocycles. The van der Waals surface area contributed by atoms with E-state index >= 15 is 0 Å². The molecular formula is C22H27FN6. The number of rotatable bonds is 7. The van der Waals surface area contributed by atoms with Gasteiger partial charge in [0.05, 0.1) is 0 Å². The summed E-state index contributed by atoms with van der Waals surface area (Å²) in [5, 5.41) is 12.5. The molecule has 29 heavy (non-hydrogen) atoms. The molecule has 0 amide bonds. The lowest BCUT2D eigenvalue weighted by Crippen LogP contribution is -2.48. The van der Waals surface area contributed by atoms with Gasteiger partial charge in [-0.3, -0.25) is 4.90 Å². The molecule has 6 nitrogen and oxygen atoms in total. The number of aryl methyl sites for hydroxylation is 2. The van der Waals surface area contributed by atoms with Crippen molar-refractivity contribution >= 4 is 0 Å². The molecule has 152 valence electrons. The van der Waals surface area contributed by atoms with E-state index in [1.54, 1.807) is 6.07 Å². The Morgan fingerprint density at radius 1 is 0.966 bits per heavy atom. The van der Waals surface area contributed by atoms with Gasteiger partial charge in [-0.25, -0.2) is 9.07 Å². The van der Waals surface area contributed by atoms with Crippen LogP contribution in [0.1, 0.15) is 29.9 Å². The van der Waals surface area contributed by atoms with E-state index in [1.165, 1.54) is 11.6 Å². The largest absolute Gasteiger partial charge is 0.301 e. The average molecular weight is 394 g/mol. The smallest absolute Gasteiger partial charge is 0.173 e. The van der Waals surface area contributed by atoms with Gasteiger partial charge >= 0.3 is 0 Å². The van der Waals surface area contributed by atoms with Crippen molar-refractivity contribution in [3.8, 4) is 0 Å². The van der Waals surface area contributed by atoms with Crippen molar-refractivity contribution in [2.45, 2.75) is 25.9 Å². The quantitative estimate of drug-likeness (QED) is 0.617. The van der Waals surface area contributed by atoms with Crippen LogP contribution in [0, 0.1) is 5.82 Å². The van der Waals surface area contributed by atoms with Gasteiger partial charge in [0.2, 0.25) is 0 Å². The molecule has 4 rings (SSSR count). The molecule has 1 unspecified atom stereocenters. The van der Waals surface area contributed by atoms with Crippen LogP contribution in [0.25, 0.3) is 0 Å². The Labute approximate surface area is 170 Å². The van der Waals surface area contributed by atoms with E-state index in [9.17, 15) is 4.39 Å². The van der Waals surface area contributed by atoms with Gasteiger partial charge in [0, 0.05) is 38.3 Å². The summed E-state index contributed by atoms with van der Waals surface area (Å²) in [5.41, 5.74) is 1.86. The number of piperazine rings is 1. The molecule has 0 radical (unpaired) electrons. The van der Waals surface area contributed by atoms with Gasteiger partial charge in [0.25, 0.3) is 0 Å². The van der Waals surface area contributed by atoms with E-state index in [0.29, 0.717) is 17.9 Å². The number of hydrogen-bond donors (Lipinski definition) is 0. The summed E-state index contributed by atoms with van der Waals surface area (Å²) in [6.45, 7) is 7.52. The first-order valence-corrected chi connectivity index (χ1v) is 10.3. The van der Waals surface area contributed by atoms with Gasteiger partial charge < -0.3 is 4.90 Å². The van der Waals surface area contributed by atoms with Crippen LogP contribution in [0.3, 0.4) is 0 Å². The first-order chi connectivity index (χ1) is 14.3. The Morgan fingerprint density at radius 2 is 1.69 bits per heavy atom. The SMILES string of the molecule is CCN1CCN(C(c2ccccc2F)c2nnnn2CCc2ccccc2)CC1. The molecule has 1 aliphatic heterocycles. The molecule has 0 aliphatic carbocycles. The van der Waals surface area contributed by atoms with Crippen LogP contribution >= 0.6 is 0 Å². The minimum Gasteiger partial charge on any atom is -0.301 e. The fourth-order valence-corrected chi connectivity index (χ4v) is 3.98. The Bertz CT molecular complexity index is 904. The Kier molecular flexibility index (Phi) is 6.27. The Morgan fingerprint density at radius 3 is 2.41 bits per heavy atom. The monoisotopic (exact) mass is 394 g/mol. The molecule has 0 spiro atoms. The summed E-state index contributed by atoms with van der Waals surface area (Å²) in [5.74, 6) is 0.490. The molecule has 3 aromatic rings. The van der Waals surface area contributed by atoms with Crippen LogP contribution in [0.15, 0.2) is 54.6 Å². The third kappa shape index (κ3) is 4.52. The minimum atomic E-state index is -0.291. The lowest BCUT2D eigenvalue weighted by molar-refractivity contribution is 0.107. The van der Waals surface area contributed by atoms with Crippen molar-refractivity contribution in [1.82, 2.24) is 30.0 Å². The summed E-state index contributed by atoms with van der Waals surface area (Å²) in [7, 11) is 0. The number of aromatic nitrogens is 4. The van der Waals surface area contributed by atoms with Gasteiger partial charge in [-0.05, 0) is 35.0 Å². The maximum absolute atomic E-state index is 14.8. The van der Waals surface area contributed by atoms with Gasteiger partial charge in [-0.1, -0.05) is 55.5 Å². The second-order valence-electron chi connectivity index (χ2n) is 7.39. The summed E-state index contributed by atoms with van der Waals surface area (Å²) < 4.78 is 16.6. The lowest BCUT2D eigenvalue weighted by atomic mass is 10.0. The molecule has 1 saturated heterocycles. The highest BCUT2D eigenvalue weighted by molar-refractivity contribution is 5.27. The van der Waals surface area contributed by atoms with Crippen LogP contribution in [0.4, 0.5) is 4.39 Å².